The van der Waals surface area contributed by atoms with E-state index < -0.39 is 0 Å². The molecule has 0 radical (unpaired) electrons. The molecule has 1 unspecified atom stereocenters. The van der Waals surface area contributed by atoms with E-state index in [0.29, 0.717) is 18.7 Å². The van der Waals surface area contributed by atoms with Gasteiger partial charge >= 0.3 is 0 Å². The number of fused-ring (bicyclic) bond motifs is 2. The van der Waals surface area contributed by atoms with Gasteiger partial charge in [0.15, 0.2) is 0 Å². The molecule has 1 aliphatic rings. The lowest BCUT2D eigenvalue weighted by Gasteiger charge is -2.26. The van der Waals surface area contributed by atoms with Crippen molar-refractivity contribution in [1.29, 1.82) is 0 Å². The fraction of sp³-hybridized carbons (Fsp3) is 0.174. The summed E-state index contributed by atoms with van der Waals surface area (Å²) in [6, 6.07) is 23.3. The minimum atomic E-state index is -0.0792. The molecular weight excluding hydrogens is 364 g/mol. The number of hydrogen-bond acceptors (Lipinski definition) is 4. The van der Waals surface area contributed by atoms with Crippen molar-refractivity contribution in [2.45, 2.75) is 19.0 Å². The van der Waals surface area contributed by atoms with Crippen molar-refractivity contribution >= 4 is 16.9 Å². The average Bonchev–Trinajstić information content (AvgIpc) is 3.17. The van der Waals surface area contributed by atoms with Gasteiger partial charge in [-0.1, -0.05) is 47.7 Å². The normalized spacial score (nSPS) is 15.5. The molecule has 0 saturated carbocycles. The van der Waals surface area contributed by atoms with Gasteiger partial charge in [-0.3, -0.25) is 4.79 Å². The maximum Gasteiger partial charge on any atom is 0.251 e. The molecule has 1 aromatic heterocycles. The van der Waals surface area contributed by atoms with Crippen LogP contribution in [0.25, 0.3) is 11.0 Å². The maximum atomic E-state index is 12.7. The van der Waals surface area contributed by atoms with Crippen LogP contribution in [0.4, 0.5) is 0 Å². The summed E-state index contributed by atoms with van der Waals surface area (Å²) in [6.07, 6.45) is 0.764. The Morgan fingerprint density at radius 2 is 1.83 bits per heavy atom. The summed E-state index contributed by atoms with van der Waals surface area (Å²) >= 11 is 0. The first-order chi connectivity index (χ1) is 14.3. The molecule has 1 atom stereocenters. The molecule has 0 saturated heterocycles. The minimum Gasteiger partial charge on any atom is -0.493 e. The number of carbonyl (C=O) groups excluding carboxylic acids is 1. The van der Waals surface area contributed by atoms with Gasteiger partial charge in [-0.25, -0.2) is 4.68 Å². The molecule has 0 fully saturated rings. The number of ether oxygens (including phenoxy) is 1. The van der Waals surface area contributed by atoms with E-state index in [1.165, 1.54) is 0 Å². The summed E-state index contributed by atoms with van der Waals surface area (Å²) < 4.78 is 7.54. The lowest BCUT2D eigenvalue weighted by Crippen LogP contribution is -2.32. The highest BCUT2D eigenvalue weighted by atomic mass is 16.5. The average molecular weight is 384 g/mol. The fourth-order valence-electron chi connectivity index (χ4n) is 3.70. The molecule has 6 heteroatoms. The first-order valence-electron chi connectivity index (χ1n) is 9.68. The molecule has 4 aromatic rings. The summed E-state index contributed by atoms with van der Waals surface area (Å²) in [7, 11) is 0. The molecule has 0 spiro atoms. The second kappa shape index (κ2) is 7.39. The number of amides is 1. The van der Waals surface area contributed by atoms with E-state index in [-0.39, 0.29) is 11.9 Å². The Bertz CT molecular complexity index is 1170. The van der Waals surface area contributed by atoms with Gasteiger partial charge in [0.2, 0.25) is 0 Å². The zero-order chi connectivity index (χ0) is 19.6. The van der Waals surface area contributed by atoms with Gasteiger partial charge in [-0.05, 0) is 35.9 Å². The Kier molecular flexibility index (Phi) is 4.44. The van der Waals surface area contributed by atoms with E-state index in [2.05, 4.69) is 15.6 Å². The van der Waals surface area contributed by atoms with Gasteiger partial charge in [0.1, 0.15) is 11.3 Å². The second-order valence-electron chi connectivity index (χ2n) is 7.13. The number of nitrogens with zero attached hydrogens (tertiary/aromatic N) is 3. The van der Waals surface area contributed by atoms with Crippen molar-refractivity contribution in [3.05, 3.63) is 89.5 Å². The van der Waals surface area contributed by atoms with Crippen LogP contribution in [0.1, 0.15) is 33.9 Å². The van der Waals surface area contributed by atoms with Gasteiger partial charge in [0, 0.05) is 17.5 Å². The number of benzene rings is 3. The fourth-order valence-corrected chi connectivity index (χ4v) is 3.70. The van der Waals surface area contributed by atoms with Gasteiger partial charge in [0.25, 0.3) is 5.91 Å². The highest BCUT2D eigenvalue weighted by molar-refractivity contribution is 5.94. The summed E-state index contributed by atoms with van der Waals surface area (Å²) in [6.45, 7) is 1.21. The number of carbonyl (C=O) groups is 1. The van der Waals surface area contributed by atoms with Crippen LogP contribution in [0.2, 0.25) is 0 Å². The van der Waals surface area contributed by atoms with E-state index in [1.807, 2.05) is 77.5 Å². The van der Waals surface area contributed by atoms with Crippen molar-refractivity contribution in [1.82, 2.24) is 20.3 Å². The number of rotatable bonds is 4. The smallest absolute Gasteiger partial charge is 0.251 e. The Hall–Kier alpha value is -3.67. The lowest BCUT2D eigenvalue weighted by molar-refractivity contribution is 0.0925. The number of hydrogen-bond donors (Lipinski definition) is 1. The van der Waals surface area contributed by atoms with Crippen LogP contribution in [0, 0.1) is 0 Å². The predicted octanol–water partition coefficient (Wildman–Crippen LogP) is 3.73. The molecule has 6 nitrogen and oxygen atoms in total. The van der Waals surface area contributed by atoms with Crippen LogP contribution in [0.5, 0.6) is 5.75 Å². The molecule has 0 bridgehead atoms. The largest absolute Gasteiger partial charge is 0.493 e. The van der Waals surface area contributed by atoms with Crippen molar-refractivity contribution in [3.8, 4) is 5.75 Å². The van der Waals surface area contributed by atoms with Crippen LogP contribution < -0.4 is 10.1 Å². The van der Waals surface area contributed by atoms with Gasteiger partial charge in [-0.15, -0.1) is 5.10 Å². The Morgan fingerprint density at radius 3 is 2.72 bits per heavy atom. The number of para-hydroxylation sites is 2. The van der Waals surface area contributed by atoms with E-state index in [0.717, 1.165) is 34.3 Å². The SMILES string of the molecule is O=C(NC1CCOc2ccccc21)c1ccc(Cn2nnc3ccccc32)cc1. The molecule has 1 N–H and O–H groups in total. The third kappa shape index (κ3) is 3.45. The lowest BCUT2D eigenvalue weighted by atomic mass is 10.00. The Labute approximate surface area is 168 Å². The quantitative estimate of drug-likeness (QED) is 0.582. The minimum absolute atomic E-state index is 0.0337. The second-order valence-corrected chi connectivity index (χ2v) is 7.13. The molecule has 0 aliphatic carbocycles. The monoisotopic (exact) mass is 384 g/mol. The topological polar surface area (TPSA) is 69.0 Å². The van der Waals surface area contributed by atoms with Crippen molar-refractivity contribution in [3.63, 3.8) is 0 Å². The summed E-state index contributed by atoms with van der Waals surface area (Å²) in [5.41, 5.74) is 4.60. The highest BCUT2D eigenvalue weighted by Crippen LogP contribution is 2.31. The number of aromatic nitrogens is 3. The van der Waals surface area contributed by atoms with E-state index in [4.69, 9.17) is 4.74 Å². The predicted molar refractivity (Wildman–Crippen MR) is 110 cm³/mol. The molecule has 5 rings (SSSR count). The van der Waals surface area contributed by atoms with Crippen molar-refractivity contribution < 1.29 is 9.53 Å². The highest BCUT2D eigenvalue weighted by Gasteiger charge is 2.23. The van der Waals surface area contributed by atoms with Crippen LogP contribution in [0.3, 0.4) is 0 Å². The van der Waals surface area contributed by atoms with Crippen LogP contribution in [-0.4, -0.2) is 27.5 Å². The number of nitrogens with one attached hydrogen (secondary N) is 1. The molecule has 1 amide bonds. The third-order valence-corrected chi connectivity index (χ3v) is 5.23. The van der Waals surface area contributed by atoms with Crippen LogP contribution in [-0.2, 0) is 6.54 Å². The molecule has 2 heterocycles. The first kappa shape index (κ1) is 17.4. The third-order valence-electron chi connectivity index (χ3n) is 5.23. The molecular formula is C23H20N4O2. The van der Waals surface area contributed by atoms with E-state index in [1.54, 1.807) is 0 Å². The van der Waals surface area contributed by atoms with Gasteiger partial charge in [0.05, 0.1) is 24.7 Å². The Balaban J connectivity index is 1.30. The van der Waals surface area contributed by atoms with Gasteiger partial charge < -0.3 is 10.1 Å². The first-order valence-corrected chi connectivity index (χ1v) is 9.68. The molecule has 29 heavy (non-hydrogen) atoms. The maximum absolute atomic E-state index is 12.7. The zero-order valence-electron chi connectivity index (χ0n) is 15.8. The summed E-state index contributed by atoms with van der Waals surface area (Å²) in [5, 5.41) is 11.5. The summed E-state index contributed by atoms with van der Waals surface area (Å²) in [5.74, 6) is 0.768. The standard InChI is InChI=1S/C23H20N4O2/c28-23(24-19-13-14-29-22-8-4-1-5-18(19)22)17-11-9-16(10-12-17)15-27-21-7-3-2-6-20(21)25-26-27/h1-12,19H,13-15H2,(H,24,28). The molecule has 3 aromatic carbocycles. The molecule has 144 valence electrons. The van der Waals surface area contributed by atoms with Crippen LogP contribution in [0.15, 0.2) is 72.8 Å². The van der Waals surface area contributed by atoms with Crippen molar-refractivity contribution in [2.75, 3.05) is 6.61 Å². The van der Waals surface area contributed by atoms with E-state index >= 15 is 0 Å². The summed E-state index contributed by atoms with van der Waals surface area (Å²) in [4.78, 5) is 12.7. The van der Waals surface area contributed by atoms with E-state index in [9.17, 15) is 4.79 Å². The van der Waals surface area contributed by atoms with Crippen LogP contribution >= 0.6 is 0 Å². The molecule has 1 aliphatic heterocycles. The van der Waals surface area contributed by atoms with Crippen molar-refractivity contribution in [2.24, 2.45) is 0 Å². The van der Waals surface area contributed by atoms with Gasteiger partial charge in [-0.2, -0.15) is 0 Å². The zero-order valence-corrected chi connectivity index (χ0v) is 15.8. The Morgan fingerprint density at radius 1 is 1.03 bits per heavy atom.